The van der Waals surface area contributed by atoms with Crippen molar-refractivity contribution in [2.45, 2.75) is 6.18 Å². The van der Waals surface area contributed by atoms with Crippen LogP contribution in [0.15, 0.2) is 4.47 Å². The monoisotopic (exact) mass is 437 g/mol. The molecular weight excluding hydrogens is 434 g/mol. The minimum absolute atomic E-state index is 0.261. The molecule has 1 N–H and O–H groups in total. The summed E-state index contributed by atoms with van der Waals surface area (Å²) in [4.78, 5) is 11.9. The summed E-state index contributed by atoms with van der Waals surface area (Å²) in [6.45, 7) is 0. The second-order valence-electron chi connectivity index (χ2n) is 4.53. The largest absolute Gasteiger partial charge is 0.434 e. The standard InChI is InChI=1S/C12H4BrF8N3O/c1-24-10(12(19,20)21)2(13)8(23-24)11(25)22-9-6(17)4(15)3(14)5(16)7(9)18/h1H3,(H,22,25). The maximum Gasteiger partial charge on any atom is 0.434 e. The predicted molar refractivity (Wildman–Crippen MR) is 70.1 cm³/mol. The molecule has 2 aromatic rings. The summed E-state index contributed by atoms with van der Waals surface area (Å²) in [5.74, 6) is -13.4. The first-order valence-corrected chi connectivity index (χ1v) is 6.79. The molecule has 4 nitrogen and oxygen atoms in total. The molecule has 0 bridgehead atoms. The summed E-state index contributed by atoms with van der Waals surface area (Å²) in [5.41, 5.74) is -4.08. The average Bonchev–Trinajstić information content (AvgIpc) is 2.82. The summed E-state index contributed by atoms with van der Waals surface area (Å²) in [6.07, 6.45) is -4.93. The number of anilines is 1. The Morgan fingerprint density at radius 3 is 1.84 bits per heavy atom. The first-order valence-electron chi connectivity index (χ1n) is 6.00. The Bertz CT molecular complexity index is 847. The highest BCUT2D eigenvalue weighted by atomic mass is 79.9. The zero-order chi connectivity index (χ0) is 19.3. The highest BCUT2D eigenvalue weighted by Crippen LogP contribution is 2.36. The molecule has 0 atom stereocenters. The van der Waals surface area contributed by atoms with Crippen LogP contribution in [0.1, 0.15) is 16.2 Å². The van der Waals surface area contributed by atoms with Gasteiger partial charge in [-0.3, -0.25) is 9.48 Å². The van der Waals surface area contributed by atoms with Gasteiger partial charge in [0.1, 0.15) is 5.69 Å². The normalized spacial score (nSPS) is 11.8. The topological polar surface area (TPSA) is 46.9 Å². The molecule has 0 aliphatic carbocycles. The summed E-state index contributed by atoms with van der Waals surface area (Å²) < 4.78 is 104. The molecule has 0 spiro atoms. The minimum atomic E-state index is -4.93. The van der Waals surface area contributed by atoms with Gasteiger partial charge in [0.05, 0.1) is 4.47 Å². The first kappa shape index (κ1) is 19.1. The van der Waals surface area contributed by atoms with Gasteiger partial charge in [-0.1, -0.05) is 0 Å². The third-order valence-electron chi connectivity index (χ3n) is 2.92. The van der Waals surface area contributed by atoms with E-state index in [0.29, 0.717) is 0 Å². The quantitative estimate of drug-likeness (QED) is 0.435. The zero-order valence-electron chi connectivity index (χ0n) is 11.7. The van der Waals surface area contributed by atoms with Crippen molar-refractivity contribution in [2.75, 3.05) is 5.32 Å². The van der Waals surface area contributed by atoms with Gasteiger partial charge in [-0.2, -0.15) is 18.3 Å². The average molecular weight is 438 g/mol. The van der Waals surface area contributed by atoms with E-state index in [4.69, 9.17) is 0 Å². The van der Waals surface area contributed by atoms with Crippen LogP contribution < -0.4 is 5.32 Å². The summed E-state index contributed by atoms with van der Waals surface area (Å²) in [6, 6.07) is 0. The van der Waals surface area contributed by atoms with E-state index in [0.717, 1.165) is 7.05 Å². The molecule has 136 valence electrons. The number of amides is 1. The third kappa shape index (κ3) is 3.19. The Morgan fingerprint density at radius 1 is 1.00 bits per heavy atom. The highest BCUT2D eigenvalue weighted by Gasteiger charge is 2.40. The number of rotatable bonds is 2. The number of alkyl halides is 3. The highest BCUT2D eigenvalue weighted by molar-refractivity contribution is 9.10. The smallest absolute Gasteiger partial charge is 0.315 e. The molecule has 0 unspecified atom stereocenters. The maximum absolute atomic E-state index is 13.5. The fourth-order valence-corrected chi connectivity index (χ4v) is 2.58. The molecule has 0 aliphatic heterocycles. The van der Waals surface area contributed by atoms with Gasteiger partial charge in [-0.05, 0) is 15.9 Å². The van der Waals surface area contributed by atoms with Crippen LogP contribution in [-0.4, -0.2) is 15.7 Å². The minimum Gasteiger partial charge on any atom is -0.315 e. The fraction of sp³-hybridized carbons (Fsp3) is 0.167. The summed E-state index contributed by atoms with van der Waals surface area (Å²) in [5, 5.41) is 4.55. The van der Waals surface area contributed by atoms with E-state index < -0.39 is 62.7 Å². The molecule has 1 amide bonds. The molecule has 25 heavy (non-hydrogen) atoms. The number of carbonyl (C=O) groups excluding carboxylic acids is 1. The number of nitrogens with zero attached hydrogens (tertiary/aromatic N) is 2. The SMILES string of the molecule is Cn1nc(C(=O)Nc2c(F)c(F)c(F)c(F)c2F)c(Br)c1C(F)(F)F. The zero-order valence-corrected chi connectivity index (χ0v) is 13.3. The molecule has 0 saturated heterocycles. The summed E-state index contributed by atoms with van der Waals surface area (Å²) in [7, 11) is 0.836. The Morgan fingerprint density at radius 2 is 1.44 bits per heavy atom. The van der Waals surface area contributed by atoms with Gasteiger partial charge in [-0.25, -0.2) is 22.0 Å². The van der Waals surface area contributed by atoms with E-state index in [1.807, 2.05) is 0 Å². The van der Waals surface area contributed by atoms with Crippen molar-refractivity contribution in [1.82, 2.24) is 9.78 Å². The number of benzene rings is 1. The van der Waals surface area contributed by atoms with Gasteiger partial charge in [-0.15, -0.1) is 0 Å². The molecular formula is C12H4BrF8N3O. The van der Waals surface area contributed by atoms with Crippen LogP contribution in [0, 0.1) is 29.1 Å². The van der Waals surface area contributed by atoms with Crippen molar-refractivity contribution in [1.29, 1.82) is 0 Å². The Hall–Kier alpha value is -2.18. The van der Waals surface area contributed by atoms with Crippen LogP contribution in [-0.2, 0) is 13.2 Å². The lowest BCUT2D eigenvalue weighted by Crippen LogP contribution is -2.18. The Labute approximate surface area is 141 Å². The van der Waals surface area contributed by atoms with E-state index in [9.17, 15) is 39.9 Å². The second kappa shape index (κ2) is 6.28. The van der Waals surface area contributed by atoms with Gasteiger partial charge in [0.15, 0.2) is 34.7 Å². The molecule has 13 heteroatoms. The van der Waals surface area contributed by atoms with Gasteiger partial charge in [0.25, 0.3) is 5.91 Å². The molecule has 0 saturated carbocycles. The van der Waals surface area contributed by atoms with E-state index in [2.05, 4.69) is 21.0 Å². The fourth-order valence-electron chi connectivity index (χ4n) is 1.84. The van der Waals surface area contributed by atoms with Crippen molar-refractivity contribution < 1.29 is 39.9 Å². The number of hydrogen-bond acceptors (Lipinski definition) is 2. The van der Waals surface area contributed by atoms with Crippen LogP contribution in [0.2, 0.25) is 0 Å². The number of halogens is 9. The molecule has 2 rings (SSSR count). The van der Waals surface area contributed by atoms with Gasteiger partial charge in [0, 0.05) is 7.05 Å². The Kier molecular flexibility index (Phi) is 4.81. The second-order valence-corrected chi connectivity index (χ2v) is 5.32. The Balaban J connectivity index is 2.50. The van der Waals surface area contributed by atoms with Crippen LogP contribution in [0.5, 0.6) is 0 Å². The number of carbonyl (C=O) groups is 1. The molecule has 1 heterocycles. The molecule has 0 aliphatic rings. The van der Waals surface area contributed by atoms with E-state index in [1.165, 1.54) is 5.32 Å². The van der Waals surface area contributed by atoms with Crippen molar-refractivity contribution in [2.24, 2.45) is 7.05 Å². The third-order valence-corrected chi connectivity index (χ3v) is 3.67. The number of hydrogen-bond donors (Lipinski definition) is 1. The predicted octanol–water partition coefficient (Wildman–Crippen LogP) is 4.15. The van der Waals surface area contributed by atoms with E-state index in [1.54, 1.807) is 0 Å². The lowest BCUT2D eigenvalue weighted by molar-refractivity contribution is -0.144. The van der Waals surface area contributed by atoms with Crippen LogP contribution in [0.25, 0.3) is 0 Å². The lowest BCUT2D eigenvalue weighted by Gasteiger charge is -2.09. The first-order chi connectivity index (χ1) is 11.4. The number of nitrogens with one attached hydrogen (secondary N) is 1. The molecule has 1 aromatic carbocycles. The van der Waals surface area contributed by atoms with Gasteiger partial charge >= 0.3 is 6.18 Å². The van der Waals surface area contributed by atoms with Gasteiger partial charge in [0.2, 0.25) is 5.82 Å². The lowest BCUT2D eigenvalue weighted by atomic mass is 10.2. The van der Waals surface area contributed by atoms with Crippen molar-refractivity contribution in [3.05, 3.63) is 44.9 Å². The van der Waals surface area contributed by atoms with E-state index >= 15 is 0 Å². The molecule has 1 aromatic heterocycles. The van der Waals surface area contributed by atoms with Crippen LogP contribution >= 0.6 is 15.9 Å². The molecule has 0 fully saturated rings. The summed E-state index contributed by atoms with van der Waals surface area (Å²) >= 11 is 2.47. The van der Waals surface area contributed by atoms with Crippen molar-refractivity contribution in [3.8, 4) is 0 Å². The van der Waals surface area contributed by atoms with Crippen LogP contribution in [0.4, 0.5) is 40.8 Å². The van der Waals surface area contributed by atoms with Crippen molar-refractivity contribution in [3.63, 3.8) is 0 Å². The maximum atomic E-state index is 13.5. The molecule has 0 radical (unpaired) electrons. The van der Waals surface area contributed by atoms with Gasteiger partial charge < -0.3 is 5.32 Å². The van der Waals surface area contributed by atoms with Crippen molar-refractivity contribution >= 4 is 27.5 Å². The number of aryl methyl sites for hydroxylation is 1. The van der Waals surface area contributed by atoms with E-state index in [-0.39, 0.29) is 4.68 Å². The van der Waals surface area contributed by atoms with Crippen LogP contribution in [0.3, 0.4) is 0 Å². The number of aromatic nitrogens is 2.